The Morgan fingerprint density at radius 1 is 1.35 bits per heavy atom. The monoisotopic (exact) mass is 258 g/mol. The van der Waals surface area contributed by atoms with Crippen LogP contribution in [0.4, 0.5) is 0 Å². The highest BCUT2D eigenvalue weighted by Gasteiger charge is 2.19. The molecule has 5 nitrogen and oxygen atoms in total. The summed E-state index contributed by atoms with van der Waals surface area (Å²) in [5, 5.41) is 8.61. The van der Waals surface area contributed by atoms with Crippen molar-refractivity contribution in [1.29, 1.82) is 0 Å². The van der Waals surface area contributed by atoms with Crippen molar-refractivity contribution >= 4 is 16.1 Å². The van der Waals surface area contributed by atoms with E-state index in [1.165, 1.54) is 19.1 Å². The molecule has 0 spiro atoms. The molecule has 0 fully saturated rings. The maximum Gasteiger partial charge on any atom is 0.308 e. The molecule has 17 heavy (non-hydrogen) atoms. The normalized spacial score (nSPS) is 13.3. The molecule has 0 heterocycles. The number of carboxylic acid groups (broad SMARTS) is 1. The third-order valence-corrected chi connectivity index (χ3v) is 3.50. The lowest BCUT2D eigenvalue weighted by Crippen LogP contribution is -2.19. The van der Waals surface area contributed by atoms with Crippen LogP contribution < -0.4 is 0 Å². The first-order valence-corrected chi connectivity index (χ1v) is 6.42. The van der Waals surface area contributed by atoms with E-state index < -0.39 is 22.0 Å². The average molecular weight is 258 g/mol. The van der Waals surface area contributed by atoms with Crippen LogP contribution in [-0.4, -0.2) is 26.1 Å². The maximum atomic E-state index is 11.7. The summed E-state index contributed by atoms with van der Waals surface area (Å²) in [5.74, 6) is -1.96. The van der Waals surface area contributed by atoms with Crippen molar-refractivity contribution in [3.05, 3.63) is 29.8 Å². The molecular formula is C11H14O5S. The van der Waals surface area contributed by atoms with E-state index in [9.17, 15) is 13.2 Å². The van der Waals surface area contributed by atoms with Crippen LogP contribution in [0.15, 0.2) is 29.2 Å². The van der Waals surface area contributed by atoms with Crippen LogP contribution in [0.5, 0.6) is 0 Å². The number of aliphatic carboxylic acids is 1. The lowest BCUT2D eigenvalue weighted by Gasteiger charge is -2.08. The number of hydrogen-bond donors (Lipinski definition) is 1. The Hall–Kier alpha value is -1.40. The van der Waals surface area contributed by atoms with E-state index in [2.05, 4.69) is 4.18 Å². The number of benzene rings is 1. The Bertz CT molecular complexity index is 489. The van der Waals surface area contributed by atoms with Crippen LogP contribution in [0.1, 0.15) is 12.5 Å². The SMILES string of the molecule is Cc1ccc(S(=O)(=O)OC[C@@H](C)C(=O)O)cc1. The highest BCUT2D eigenvalue weighted by molar-refractivity contribution is 7.86. The first-order valence-electron chi connectivity index (χ1n) is 5.02. The standard InChI is InChI=1S/C11H14O5S/c1-8-3-5-10(6-4-8)17(14,15)16-7-9(2)11(12)13/h3-6,9H,7H2,1-2H3,(H,12,13)/t9-/m1/s1. The van der Waals surface area contributed by atoms with Gasteiger partial charge in [0.15, 0.2) is 0 Å². The zero-order valence-electron chi connectivity index (χ0n) is 9.58. The Labute approximate surface area is 100 Å². The Morgan fingerprint density at radius 2 is 1.88 bits per heavy atom. The second-order valence-electron chi connectivity index (χ2n) is 3.79. The molecule has 0 radical (unpaired) electrons. The molecule has 0 aliphatic rings. The van der Waals surface area contributed by atoms with Gasteiger partial charge in [0.2, 0.25) is 0 Å². The van der Waals surface area contributed by atoms with Gasteiger partial charge in [-0.2, -0.15) is 8.42 Å². The zero-order chi connectivity index (χ0) is 13.1. The molecule has 0 aliphatic heterocycles. The highest BCUT2D eigenvalue weighted by atomic mass is 32.2. The first-order chi connectivity index (χ1) is 7.83. The highest BCUT2D eigenvalue weighted by Crippen LogP contribution is 2.14. The summed E-state index contributed by atoms with van der Waals surface area (Å²) in [7, 11) is -3.87. The van der Waals surface area contributed by atoms with E-state index >= 15 is 0 Å². The number of aryl methyl sites for hydroxylation is 1. The van der Waals surface area contributed by atoms with Crippen molar-refractivity contribution in [2.24, 2.45) is 5.92 Å². The number of hydrogen-bond acceptors (Lipinski definition) is 4. The summed E-state index contributed by atoms with van der Waals surface area (Å²) in [6.45, 7) is 2.85. The van der Waals surface area contributed by atoms with Crippen molar-refractivity contribution < 1.29 is 22.5 Å². The summed E-state index contributed by atoms with van der Waals surface area (Å²) < 4.78 is 28.0. The lowest BCUT2D eigenvalue weighted by molar-refractivity contribution is -0.141. The van der Waals surface area contributed by atoms with E-state index in [1.54, 1.807) is 12.1 Å². The van der Waals surface area contributed by atoms with Gasteiger partial charge in [0, 0.05) is 0 Å². The maximum absolute atomic E-state index is 11.7. The molecule has 0 unspecified atom stereocenters. The Balaban J connectivity index is 2.76. The zero-order valence-corrected chi connectivity index (χ0v) is 10.4. The molecule has 1 N–H and O–H groups in total. The minimum Gasteiger partial charge on any atom is -0.481 e. The summed E-state index contributed by atoms with van der Waals surface area (Å²) in [5.41, 5.74) is 0.933. The largest absolute Gasteiger partial charge is 0.481 e. The average Bonchev–Trinajstić information content (AvgIpc) is 2.26. The molecule has 6 heteroatoms. The topological polar surface area (TPSA) is 80.7 Å². The van der Waals surface area contributed by atoms with E-state index in [1.807, 2.05) is 6.92 Å². The fourth-order valence-corrected chi connectivity index (χ4v) is 2.02. The van der Waals surface area contributed by atoms with Gasteiger partial charge in [0.25, 0.3) is 10.1 Å². The van der Waals surface area contributed by atoms with Crippen molar-refractivity contribution in [2.75, 3.05) is 6.61 Å². The Morgan fingerprint density at radius 3 is 2.35 bits per heavy atom. The number of rotatable bonds is 5. The smallest absolute Gasteiger partial charge is 0.308 e. The van der Waals surface area contributed by atoms with E-state index in [0.717, 1.165) is 5.56 Å². The molecule has 0 bridgehead atoms. The predicted molar refractivity (Wildman–Crippen MR) is 61.1 cm³/mol. The van der Waals surface area contributed by atoms with Gasteiger partial charge < -0.3 is 5.11 Å². The van der Waals surface area contributed by atoms with Crippen LogP contribution >= 0.6 is 0 Å². The molecule has 1 rings (SSSR count). The molecule has 1 aromatic rings. The van der Waals surface area contributed by atoms with Gasteiger partial charge in [0.1, 0.15) is 0 Å². The van der Waals surface area contributed by atoms with Gasteiger partial charge in [-0.25, -0.2) is 0 Å². The van der Waals surface area contributed by atoms with Crippen LogP contribution in [0.25, 0.3) is 0 Å². The first kappa shape index (κ1) is 13.7. The lowest BCUT2D eigenvalue weighted by atomic mass is 10.2. The molecule has 94 valence electrons. The third kappa shape index (κ3) is 3.83. The summed E-state index contributed by atoms with van der Waals surface area (Å²) in [6, 6.07) is 6.15. The molecule has 0 saturated heterocycles. The molecule has 0 saturated carbocycles. The van der Waals surface area contributed by atoms with Crippen LogP contribution in [0.2, 0.25) is 0 Å². The van der Waals surface area contributed by atoms with Crippen LogP contribution in [0, 0.1) is 12.8 Å². The van der Waals surface area contributed by atoms with E-state index in [-0.39, 0.29) is 11.5 Å². The third-order valence-electron chi connectivity index (χ3n) is 2.20. The summed E-state index contributed by atoms with van der Waals surface area (Å²) in [4.78, 5) is 10.6. The van der Waals surface area contributed by atoms with Crippen LogP contribution in [-0.2, 0) is 19.1 Å². The molecule has 0 aromatic heterocycles. The fraction of sp³-hybridized carbons (Fsp3) is 0.364. The van der Waals surface area contributed by atoms with Gasteiger partial charge in [-0.05, 0) is 26.0 Å². The Kier molecular flexibility index (Phi) is 4.25. The van der Waals surface area contributed by atoms with E-state index in [0.29, 0.717) is 0 Å². The number of carbonyl (C=O) groups is 1. The predicted octanol–water partition coefficient (Wildman–Crippen LogP) is 1.42. The quantitative estimate of drug-likeness (QED) is 0.808. The van der Waals surface area contributed by atoms with Crippen LogP contribution in [0.3, 0.4) is 0 Å². The second kappa shape index (κ2) is 5.29. The molecular weight excluding hydrogens is 244 g/mol. The van der Waals surface area contributed by atoms with Gasteiger partial charge in [-0.1, -0.05) is 17.7 Å². The molecule has 1 aromatic carbocycles. The van der Waals surface area contributed by atoms with Crippen molar-refractivity contribution in [1.82, 2.24) is 0 Å². The molecule has 0 amide bonds. The van der Waals surface area contributed by atoms with Gasteiger partial charge in [0.05, 0.1) is 17.4 Å². The van der Waals surface area contributed by atoms with Gasteiger partial charge >= 0.3 is 5.97 Å². The van der Waals surface area contributed by atoms with Gasteiger partial charge in [-0.3, -0.25) is 8.98 Å². The van der Waals surface area contributed by atoms with Crippen molar-refractivity contribution in [3.63, 3.8) is 0 Å². The second-order valence-corrected chi connectivity index (χ2v) is 5.41. The van der Waals surface area contributed by atoms with Crippen molar-refractivity contribution in [2.45, 2.75) is 18.7 Å². The molecule has 0 aliphatic carbocycles. The van der Waals surface area contributed by atoms with Crippen molar-refractivity contribution in [3.8, 4) is 0 Å². The minimum absolute atomic E-state index is 0.0284. The van der Waals surface area contributed by atoms with E-state index in [4.69, 9.17) is 5.11 Å². The minimum atomic E-state index is -3.87. The summed E-state index contributed by atoms with van der Waals surface area (Å²) in [6.07, 6.45) is 0. The fourth-order valence-electron chi connectivity index (χ4n) is 1.04. The number of carboxylic acids is 1. The molecule has 1 atom stereocenters. The summed E-state index contributed by atoms with van der Waals surface area (Å²) >= 11 is 0. The van der Waals surface area contributed by atoms with Gasteiger partial charge in [-0.15, -0.1) is 0 Å².